The molecular weight excluding hydrogens is 296 g/mol. The van der Waals surface area contributed by atoms with Gasteiger partial charge in [-0.15, -0.1) is 0 Å². The van der Waals surface area contributed by atoms with Crippen LogP contribution in [0.1, 0.15) is 12.0 Å². The summed E-state index contributed by atoms with van der Waals surface area (Å²) < 4.78 is 22.6. The highest BCUT2D eigenvalue weighted by molar-refractivity contribution is 5.94. The molecule has 0 saturated heterocycles. The van der Waals surface area contributed by atoms with Crippen molar-refractivity contribution in [1.29, 1.82) is 0 Å². The minimum atomic E-state index is -1.41. The van der Waals surface area contributed by atoms with Gasteiger partial charge in [-0.1, -0.05) is 42.5 Å². The molecule has 1 fully saturated rings. The van der Waals surface area contributed by atoms with E-state index in [9.17, 15) is 4.79 Å². The molecule has 0 N–H and O–H groups in total. The van der Waals surface area contributed by atoms with E-state index in [2.05, 4.69) is 0 Å². The van der Waals surface area contributed by atoms with Gasteiger partial charge in [0.15, 0.2) is 0 Å². The molecule has 124 valence electrons. The zero-order valence-electron chi connectivity index (χ0n) is 13.7. The lowest BCUT2D eigenvalue weighted by molar-refractivity contribution is -0.299. The molecule has 0 unspecified atom stereocenters. The predicted octanol–water partition coefficient (Wildman–Crippen LogP) is 2.10. The lowest BCUT2D eigenvalue weighted by Crippen LogP contribution is -2.71. The molecule has 5 heteroatoms. The normalized spacial score (nSPS) is 31.5. The molecule has 0 aliphatic heterocycles. The van der Waals surface area contributed by atoms with Gasteiger partial charge >= 0.3 is 0 Å². The number of benzene rings is 1. The van der Waals surface area contributed by atoms with Crippen molar-refractivity contribution in [1.82, 2.24) is 0 Å². The van der Waals surface area contributed by atoms with Gasteiger partial charge in [-0.25, -0.2) is 0 Å². The Kier molecular flexibility index (Phi) is 4.38. The molecule has 0 aromatic heterocycles. The molecule has 4 rings (SSSR count). The minimum Gasteiger partial charge on any atom is -0.372 e. The van der Waals surface area contributed by atoms with Crippen LogP contribution in [0.25, 0.3) is 0 Å². The first-order valence-corrected chi connectivity index (χ1v) is 7.67. The molecule has 23 heavy (non-hydrogen) atoms. The average molecular weight is 318 g/mol. The summed E-state index contributed by atoms with van der Waals surface area (Å²) in [5.74, 6) is -1.96. The average Bonchev–Trinajstić information content (AvgIpc) is 2.62. The maximum absolute atomic E-state index is 12.9. The molecule has 0 amide bonds. The first-order valence-electron chi connectivity index (χ1n) is 7.67. The van der Waals surface area contributed by atoms with E-state index in [0.29, 0.717) is 13.0 Å². The molecule has 1 aromatic rings. The summed E-state index contributed by atoms with van der Waals surface area (Å²) in [6.07, 6.45) is 3.96. The topological polar surface area (TPSA) is 54.0 Å². The molecule has 5 nitrogen and oxygen atoms in total. The fourth-order valence-electron chi connectivity index (χ4n) is 3.66. The molecule has 3 atom stereocenters. The maximum atomic E-state index is 12.9. The van der Waals surface area contributed by atoms with E-state index >= 15 is 0 Å². The second-order valence-electron chi connectivity index (χ2n) is 5.91. The van der Waals surface area contributed by atoms with E-state index in [1.54, 1.807) is 7.11 Å². The van der Waals surface area contributed by atoms with Crippen LogP contribution in [0.15, 0.2) is 42.5 Å². The third-order valence-corrected chi connectivity index (χ3v) is 4.91. The standard InChI is InChI=1S/C18H22O5/c1-20-17-10-9-14(16(19)18(17,21-2)22-3)15(11-17)23-12-13-7-5-4-6-8-13/h4-10,14-15H,11-12H2,1-3H3/t14-,15-,17-/m0/s1. The molecule has 3 aliphatic carbocycles. The van der Waals surface area contributed by atoms with Gasteiger partial charge in [0, 0.05) is 27.8 Å². The Labute approximate surface area is 136 Å². The first-order chi connectivity index (χ1) is 11.1. The van der Waals surface area contributed by atoms with E-state index < -0.39 is 17.3 Å². The fourth-order valence-corrected chi connectivity index (χ4v) is 3.66. The minimum absolute atomic E-state index is 0.156. The van der Waals surface area contributed by atoms with E-state index in [0.717, 1.165) is 5.56 Å². The van der Waals surface area contributed by atoms with Crippen molar-refractivity contribution in [3.63, 3.8) is 0 Å². The Morgan fingerprint density at radius 2 is 1.78 bits per heavy atom. The summed E-state index contributed by atoms with van der Waals surface area (Å²) in [6.45, 7) is 0.454. The van der Waals surface area contributed by atoms with Crippen LogP contribution < -0.4 is 0 Å². The second-order valence-corrected chi connectivity index (χ2v) is 5.91. The van der Waals surface area contributed by atoms with Crippen LogP contribution >= 0.6 is 0 Å². The number of methoxy groups -OCH3 is 3. The lowest BCUT2D eigenvalue weighted by Gasteiger charge is -2.54. The van der Waals surface area contributed by atoms with Gasteiger partial charge in [0.25, 0.3) is 5.79 Å². The van der Waals surface area contributed by atoms with Crippen molar-refractivity contribution in [3.8, 4) is 0 Å². The van der Waals surface area contributed by atoms with E-state index in [1.807, 2.05) is 42.5 Å². The Hall–Kier alpha value is -1.53. The van der Waals surface area contributed by atoms with Crippen LogP contribution in [-0.2, 0) is 30.3 Å². The van der Waals surface area contributed by atoms with E-state index in [1.165, 1.54) is 14.2 Å². The zero-order valence-corrected chi connectivity index (χ0v) is 13.7. The van der Waals surface area contributed by atoms with Gasteiger partial charge in [-0.3, -0.25) is 4.79 Å². The molecule has 0 heterocycles. The molecule has 1 saturated carbocycles. The van der Waals surface area contributed by atoms with Gasteiger partial charge in [-0.2, -0.15) is 0 Å². The van der Waals surface area contributed by atoms with Crippen LogP contribution in [0, 0.1) is 5.92 Å². The van der Waals surface area contributed by atoms with Crippen molar-refractivity contribution >= 4 is 5.78 Å². The van der Waals surface area contributed by atoms with Gasteiger partial charge in [0.2, 0.25) is 5.78 Å². The lowest BCUT2D eigenvalue weighted by atomic mass is 9.65. The number of carbonyl (C=O) groups excluding carboxylic acids is 1. The summed E-state index contributed by atoms with van der Waals surface area (Å²) in [6, 6.07) is 9.89. The van der Waals surface area contributed by atoms with Crippen molar-refractivity contribution < 1.29 is 23.7 Å². The Bertz CT molecular complexity index is 593. The quantitative estimate of drug-likeness (QED) is 0.594. The number of ether oxygens (including phenoxy) is 4. The second kappa shape index (κ2) is 6.17. The molecule has 0 radical (unpaired) electrons. The number of hydrogen-bond donors (Lipinski definition) is 0. The third kappa shape index (κ3) is 2.35. The number of rotatable bonds is 6. The Morgan fingerprint density at radius 1 is 1.09 bits per heavy atom. The van der Waals surface area contributed by atoms with Gasteiger partial charge < -0.3 is 18.9 Å². The van der Waals surface area contributed by atoms with E-state index in [4.69, 9.17) is 18.9 Å². The summed E-state index contributed by atoms with van der Waals surface area (Å²) in [4.78, 5) is 12.9. The first kappa shape index (κ1) is 16.3. The van der Waals surface area contributed by atoms with Crippen molar-refractivity contribution in [3.05, 3.63) is 48.0 Å². The Morgan fingerprint density at radius 3 is 2.39 bits per heavy atom. The molecule has 3 aliphatic rings. The summed E-state index contributed by atoms with van der Waals surface area (Å²) in [5, 5.41) is 0. The number of carbonyl (C=O) groups is 1. The van der Waals surface area contributed by atoms with E-state index in [-0.39, 0.29) is 11.9 Å². The summed E-state index contributed by atoms with van der Waals surface area (Å²) >= 11 is 0. The van der Waals surface area contributed by atoms with Crippen LogP contribution in [0.3, 0.4) is 0 Å². The molecule has 1 aromatic carbocycles. The highest BCUT2D eigenvalue weighted by atomic mass is 16.7. The van der Waals surface area contributed by atoms with Crippen molar-refractivity contribution in [2.24, 2.45) is 5.92 Å². The SMILES string of the molecule is COC1(OC)C(=O)[C@H]2C=C[C@]1(OC)C[C@@H]2OCc1ccccc1. The fraction of sp³-hybridized carbons (Fsp3) is 0.500. The maximum Gasteiger partial charge on any atom is 0.263 e. The molecular formula is C18H22O5. The molecule has 2 bridgehead atoms. The van der Waals surface area contributed by atoms with Crippen LogP contribution in [0.5, 0.6) is 0 Å². The number of hydrogen-bond acceptors (Lipinski definition) is 5. The van der Waals surface area contributed by atoms with Gasteiger partial charge in [-0.05, 0) is 5.56 Å². The molecule has 0 spiro atoms. The van der Waals surface area contributed by atoms with Gasteiger partial charge in [0.05, 0.1) is 18.6 Å². The van der Waals surface area contributed by atoms with Crippen LogP contribution in [0.4, 0.5) is 0 Å². The number of Topliss-reactive ketones (excluding diaryl/α,β-unsaturated/α-hetero) is 1. The third-order valence-electron chi connectivity index (χ3n) is 4.91. The zero-order chi connectivity index (χ0) is 16.5. The largest absolute Gasteiger partial charge is 0.372 e. The highest BCUT2D eigenvalue weighted by Gasteiger charge is 2.67. The van der Waals surface area contributed by atoms with Crippen molar-refractivity contribution in [2.45, 2.75) is 30.5 Å². The highest BCUT2D eigenvalue weighted by Crippen LogP contribution is 2.49. The Balaban J connectivity index is 1.83. The summed E-state index contributed by atoms with van der Waals surface area (Å²) in [5.41, 5.74) is 0.102. The summed E-state index contributed by atoms with van der Waals surface area (Å²) in [7, 11) is 4.50. The van der Waals surface area contributed by atoms with Crippen LogP contribution in [-0.4, -0.2) is 44.6 Å². The number of ketones is 1. The van der Waals surface area contributed by atoms with Crippen LogP contribution in [0.2, 0.25) is 0 Å². The number of fused-ring (bicyclic) bond motifs is 2. The van der Waals surface area contributed by atoms with Crippen molar-refractivity contribution in [2.75, 3.05) is 21.3 Å². The smallest absolute Gasteiger partial charge is 0.263 e. The van der Waals surface area contributed by atoms with Gasteiger partial charge in [0.1, 0.15) is 5.60 Å². The predicted molar refractivity (Wildman–Crippen MR) is 83.8 cm³/mol. The monoisotopic (exact) mass is 318 g/mol.